The minimum atomic E-state index is -1.04. The summed E-state index contributed by atoms with van der Waals surface area (Å²) in [5, 5.41) is 11.8. The summed E-state index contributed by atoms with van der Waals surface area (Å²) in [6, 6.07) is 1.43. The summed E-state index contributed by atoms with van der Waals surface area (Å²) in [4.78, 5) is 18.2. The van der Waals surface area contributed by atoms with E-state index in [-0.39, 0.29) is 5.69 Å². The first-order valence-electron chi connectivity index (χ1n) is 4.89. The molecule has 0 atom stereocenters. The Hall–Kier alpha value is -1.65. The number of nitrogens with zero attached hydrogens (tertiary/aromatic N) is 2. The fourth-order valence-corrected chi connectivity index (χ4v) is 1.06. The minimum Gasteiger partial charge on any atom is -0.477 e. The van der Waals surface area contributed by atoms with Gasteiger partial charge in [-0.2, -0.15) is 0 Å². The third-order valence-electron chi connectivity index (χ3n) is 1.91. The molecule has 1 rings (SSSR count). The van der Waals surface area contributed by atoms with Crippen molar-refractivity contribution in [3.63, 3.8) is 0 Å². The molecule has 0 fully saturated rings. The molecular weight excluding hydrogens is 194 g/mol. The normalized spacial score (nSPS) is 10.3. The monoisotopic (exact) mass is 209 g/mol. The molecule has 1 aromatic heterocycles. The van der Waals surface area contributed by atoms with Gasteiger partial charge in [-0.15, -0.1) is 0 Å². The zero-order valence-corrected chi connectivity index (χ0v) is 8.90. The van der Waals surface area contributed by atoms with Crippen LogP contribution in [0.25, 0.3) is 0 Å². The first-order valence-corrected chi connectivity index (χ1v) is 4.89. The van der Waals surface area contributed by atoms with Crippen molar-refractivity contribution >= 4 is 11.8 Å². The fraction of sp³-hybridized carbons (Fsp3) is 0.500. The van der Waals surface area contributed by atoms with Crippen LogP contribution in [0.4, 0.5) is 5.82 Å². The number of hydrogen-bond donors (Lipinski definition) is 2. The average molecular weight is 209 g/mol. The zero-order chi connectivity index (χ0) is 11.3. The number of rotatable bonds is 5. The predicted molar refractivity (Wildman–Crippen MR) is 56.9 cm³/mol. The maximum absolute atomic E-state index is 10.6. The smallest absolute Gasteiger partial charge is 0.354 e. The van der Waals surface area contributed by atoms with E-state index in [1.807, 2.05) is 0 Å². The van der Waals surface area contributed by atoms with Gasteiger partial charge in [-0.1, -0.05) is 13.8 Å². The van der Waals surface area contributed by atoms with Crippen LogP contribution in [0.15, 0.2) is 12.4 Å². The largest absolute Gasteiger partial charge is 0.477 e. The number of aromatic nitrogens is 2. The Kier molecular flexibility index (Phi) is 4.03. The van der Waals surface area contributed by atoms with E-state index in [0.29, 0.717) is 11.7 Å². The van der Waals surface area contributed by atoms with Crippen LogP contribution < -0.4 is 5.32 Å². The highest BCUT2D eigenvalue weighted by Crippen LogP contribution is 2.05. The van der Waals surface area contributed by atoms with E-state index in [9.17, 15) is 4.79 Å². The van der Waals surface area contributed by atoms with Gasteiger partial charge in [0.25, 0.3) is 0 Å². The molecule has 1 aromatic rings. The topological polar surface area (TPSA) is 75.1 Å². The molecule has 0 amide bonds. The average Bonchev–Trinajstić information content (AvgIpc) is 2.17. The molecule has 1 heterocycles. The first-order chi connectivity index (χ1) is 7.09. The highest BCUT2D eigenvalue weighted by molar-refractivity contribution is 5.85. The maximum Gasteiger partial charge on any atom is 0.354 e. The number of carboxylic acids is 1. The summed E-state index contributed by atoms with van der Waals surface area (Å²) in [6.45, 7) is 5.04. The highest BCUT2D eigenvalue weighted by Gasteiger charge is 2.05. The van der Waals surface area contributed by atoms with Crippen molar-refractivity contribution in [2.75, 3.05) is 11.9 Å². The van der Waals surface area contributed by atoms with Gasteiger partial charge in [0.1, 0.15) is 12.1 Å². The number of hydrogen-bond acceptors (Lipinski definition) is 4. The standard InChI is InChI=1S/C10H15N3O2/c1-7(2)3-4-11-9-5-8(10(14)15)12-6-13-9/h5-7H,3-4H2,1-2H3,(H,14,15)(H,11,12,13). The van der Waals surface area contributed by atoms with Crippen LogP contribution in [0.5, 0.6) is 0 Å². The van der Waals surface area contributed by atoms with Crippen molar-refractivity contribution in [1.29, 1.82) is 0 Å². The van der Waals surface area contributed by atoms with Crippen LogP contribution in [0, 0.1) is 5.92 Å². The predicted octanol–water partition coefficient (Wildman–Crippen LogP) is 1.63. The first kappa shape index (κ1) is 11.4. The summed E-state index contributed by atoms with van der Waals surface area (Å²) in [5.41, 5.74) is 0.0112. The lowest BCUT2D eigenvalue weighted by Crippen LogP contribution is -2.08. The SMILES string of the molecule is CC(C)CCNc1cc(C(=O)O)ncn1. The molecule has 0 saturated heterocycles. The van der Waals surface area contributed by atoms with Crippen molar-refractivity contribution < 1.29 is 9.90 Å². The molecule has 0 aliphatic carbocycles. The van der Waals surface area contributed by atoms with Crippen LogP contribution in [0.3, 0.4) is 0 Å². The lowest BCUT2D eigenvalue weighted by Gasteiger charge is -2.07. The van der Waals surface area contributed by atoms with Crippen molar-refractivity contribution in [1.82, 2.24) is 9.97 Å². The van der Waals surface area contributed by atoms with Gasteiger partial charge in [-0.05, 0) is 12.3 Å². The Morgan fingerprint density at radius 2 is 2.27 bits per heavy atom. The van der Waals surface area contributed by atoms with E-state index >= 15 is 0 Å². The minimum absolute atomic E-state index is 0.0112. The summed E-state index contributed by atoms with van der Waals surface area (Å²) >= 11 is 0. The van der Waals surface area contributed by atoms with Gasteiger partial charge in [0, 0.05) is 12.6 Å². The van der Waals surface area contributed by atoms with Gasteiger partial charge in [-0.25, -0.2) is 14.8 Å². The molecule has 15 heavy (non-hydrogen) atoms. The van der Waals surface area contributed by atoms with E-state index in [4.69, 9.17) is 5.11 Å². The lowest BCUT2D eigenvalue weighted by atomic mass is 10.1. The van der Waals surface area contributed by atoms with E-state index in [0.717, 1.165) is 13.0 Å². The third-order valence-corrected chi connectivity index (χ3v) is 1.91. The molecule has 0 saturated carbocycles. The second-order valence-electron chi connectivity index (χ2n) is 3.70. The van der Waals surface area contributed by atoms with Crippen molar-refractivity contribution in [2.24, 2.45) is 5.92 Å². The molecule has 0 unspecified atom stereocenters. The van der Waals surface area contributed by atoms with Gasteiger partial charge in [0.2, 0.25) is 0 Å². The Balaban J connectivity index is 2.54. The molecule has 0 aliphatic heterocycles. The van der Waals surface area contributed by atoms with Gasteiger partial charge in [0.15, 0.2) is 5.69 Å². The molecule has 0 bridgehead atoms. The summed E-state index contributed by atoms with van der Waals surface area (Å²) in [7, 11) is 0. The van der Waals surface area contributed by atoms with Crippen LogP contribution in [-0.4, -0.2) is 27.6 Å². The fourth-order valence-electron chi connectivity index (χ4n) is 1.06. The van der Waals surface area contributed by atoms with E-state index in [1.165, 1.54) is 12.4 Å². The molecule has 0 aromatic carbocycles. The number of carbonyl (C=O) groups is 1. The van der Waals surface area contributed by atoms with Crippen LogP contribution in [0.2, 0.25) is 0 Å². The molecule has 0 spiro atoms. The quantitative estimate of drug-likeness (QED) is 0.770. The lowest BCUT2D eigenvalue weighted by molar-refractivity contribution is 0.0690. The van der Waals surface area contributed by atoms with Crippen LogP contribution >= 0.6 is 0 Å². The van der Waals surface area contributed by atoms with Crippen LogP contribution in [-0.2, 0) is 0 Å². The Labute approximate surface area is 88.6 Å². The molecule has 0 radical (unpaired) electrons. The Morgan fingerprint density at radius 3 is 2.87 bits per heavy atom. The molecule has 5 nitrogen and oxygen atoms in total. The van der Waals surface area contributed by atoms with Crippen molar-refractivity contribution in [2.45, 2.75) is 20.3 Å². The second kappa shape index (κ2) is 5.29. The second-order valence-corrected chi connectivity index (χ2v) is 3.70. The third kappa shape index (κ3) is 3.93. The summed E-state index contributed by atoms with van der Waals surface area (Å²) in [5.74, 6) is 0.130. The van der Waals surface area contributed by atoms with Gasteiger partial charge >= 0.3 is 5.97 Å². The number of nitrogens with one attached hydrogen (secondary N) is 1. The number of aromatic carboxylic acids is 1. The number of anilines is 1. The molecule has 2 N–H and O–H groups in total. The van der Waals surface area contributed by atoms with Crippen molar-refractivity contribution in [3.8, 4) is 0 Å². The molecular formula is C10H15N3O2. The van der Waals surface area contributed by atoms with Crippen molar-refractivity contribution in [3.05, 3.63) is 18.1 Å². The summed E-state index contributed by atoms with van der Waals surface area (Å²) in [6.07, 6.45) is 2.27. The van der Waals surface area contributed by atoms with Gasteiger partial charge in [-0.3, -0.25) is 0 Å². The Morgan fingerprint density at radius 1 is 1.53 bits per heavy atom. The Bertz CT molecular complexity index is 339. The van der Waals surface area contributed by atoms with E-state index in [1.54, 1.807) is 0 Å². The van der Waals surface area contributed by atoms with Crippen LogP contribution in [0.1, 0.15) is 30.8 Å². The van der Waals surface area contributed by atoms with E-state index < -0.39 is 5.97 Å². The molecule has 0 aliphatic rings. The van der Waals surface area contributed by atoms with E-state index in [2.05, 4.69) is 29.1 Å². The molecule has 82 valence electrons. The van der Waals surface area contributed by atoms with Gasteiger partial charge in [0.05, 0.1) is 0 Å². The number of carboxylic acid groups (broad SMARTS) is 1. The zero-order valence-electron chi connectivity index (χ0n) is 8.90. The molecule has 5 heteroatoms. The highest BCUT2D eigenvalue weighted by atomic mass is 16.4. The maximum atomic E-state index is 10.6. The van der Waals surface area contributed by atoms with Gasteiger partial charge < -0.3 is 10.4 Å². The summed E-state index contributed by atoms with van der Waals surface area (Å²) < 4.78 is 0.